The minimum Gasteiger partial charge on any atom is -0.421 e. The Labute approximate surface area is 158 Å². The van der Waals surface area contributed by atoms with Crippen molar-refractivity contribution < 1.29 is 9.21 Å². The Bertz CT molecular complexity index is 1030. The SMILES string of the molecule is CCNc1c(NC(=O)c2ccc(C(C)(C)C)cc2)c(=O)oc2ccccc12. The van der Waals surface area contributed by atoms with Gasteiger partial charge in [-0.25, -0.2) is 4.79 Å². The molecule has 0 saturated heterocycles. The molecule has 1 heterocycles. The number of anilines is 2. The molecule has 5 nitrogen and oxygen atoms in total. The third-order valence-electron chi connectivity index (χ3n) is 4.42. The summed E-state index contributed by atoms with van der Waals surface area (Å²) in [5, 5.41) is 6.64. The van der Waals surface area contributed by atoms with Crippen molar-refractivity contribution in [1.82, 2.24) is 0 Å². The Hall–Kier alpha value is -3.08. The number of amides is 1. The van der Waals surface area contributed by atoms with Crippen LogP contribution < -0.4 is 16.3 Å². The van der Waals surface area contributed by atoms with Crippen molar-refractivity contribution in [2.75, 3.05) is 17.2 Å². The zero-order valence-corrected chi connectivity index (χ0v) is 16.1. The maximum atomic E-state index is 12.7. The number of rotatable bonds is 4. The quantitative estimate of drug-likeness (QED) is 0.654. The molecule has 0 saturated carbocycles. The van der Waals surface area contributed by atoms with E-state index in [1.54, 1.807) is 24.3 Å². The van der Waals surface area contributed by atoms with Crippen LogP contribution in [-0.4, -0.2) is 12.5 Å². The van der Waals surface area contributed by atoms with E-state index in [-0.39, 0.29) is 17.0 Å². The van der Waals surface area contributed by atoms with Gasteiger partial charge < -0.3 is 15.1 Å². The van der Waals surface area contributed by atoms with Gasteiger partial charge in [-0.05, 0) is 42.2 Å². The summed E-state index contributed by atoms with van der Waals surface area (Å²) in [5.41, 5.74) is 2.22. The standard InChI is InChI=1S/C22H24N2O3/c1-5-23-18-16-8-6-7-9-17(16)27-21(26)19(18)24-20(25)14-10-12-15(13-11-14)22(2,3)4/h6-13,23H,5H2,1-4H3,(H,24,25). The maximum absolute atomic E-state index is 12.7. The number of para-hydroxylation sites is 1. The average Bonchev–Trinajstić information content (AvgIpc) is 2.64. The second-order valence-electron chi connectivity index (χ2n) is 7.45. The van der Waals surface area contributed by atoms with Crippen molar-refractivity contribution >= 4 is 28.3 Å². The van der Waals surface area contributed by atoms with Crippen molar-refractivity contribution in [2.45, 2.75) is 33.1 Å². The summed E-state index contributed by atoms with van der Waals surface area (Å²) in [5.74, 6) is -0.350. The molecule has 0 bridgehead atoms. The van der Waals surface area contributed by atoms with Gasteiger partial charge in [-0.1, -0.05) is 45.0 Å². The van der Waals surface area contributed by atoms with Gasteiger partial charge in [0.05, 0.1) is 5.69 Å². The largest absolute Gasteiger partial charge is 0.421 e. The molecule has 0 fully saturated rings. The molecular formula is C22H24N2O3. The van der Waals surface area contributed by atoms with Crippen molar-refractivity contribution in [1.29, 1.82) is 0 Å². The zero-order chi connectivity index (χ0) is 19.6. The molecule has 27 heavy (non-hydrogen) atoms. The molecule has 0 spiro atoms. The van der Waals surface area contributed by atoms with Gasteiger partial charge in [-0.3, -0.25) is 4.79 Å². The van der Waals surface area contributed by atoms with Crippen LogP contribution >= 0.6 is 0 Å². The first-order valence-corrected chi connectivity index (χ1v) is 9.03. The summed E-state index contributed by atoms with van der Waals surface area (Å²) in [6, 6.07) is 14.7. The fourth-order valence-electron chi connectivity index (χ4n) is 2.93. The Morgan fingerprint density at radius 1 is 1.00 bits per heavy atom. The lowest BCUT2D eigenvalue weighted by atomic mass is 9.87. The molecule has 0 radical (unpaired) electrons. The van der Waals surface area contributed by atoms with Crippen LogP contribution in [0.5, 0.6) is 0 Å². The van der Waals surface area contributed by atoms with E-state index in [0.717, 1.165) is 10.9 Å². The second-order valence-corrected chi connectivity index (χ2v) is 7.45. The van der Waals surface area contributed by atoms with E-state index >= 15 is 0 Å². The van der Waals surface area contributed by atoms with Crippen molar-refractivity contribution in [3.63, 3.8) is 0 Å². The third kappa shape index (κ3) is 3.87. The predicted octanol–water partition coefficient (Wildman–Crippen LogP) is 4.77. The first-order valence-electron chi connectivity index (χ1n) is 9.03. The highest BCUT2D eigenvalue weighted by Crippen LogP contribution is 2.29. The van der Waals surface area contributed by atoms with E-state index in [1.165, 1.54) is 0 Å². The van der Waals surface area contributed by atoms with Crippen molar-refractivity contribution in [2.24, 2.45) is 0 Å². The number of carbonyl (C=O) groups excluding carboxylic acids is 1. The fraction of sp³-hybridized carbons (Fsp3) is 0.273. The highest BCUT2D eigenvalue weighted by molar-refractivity contribution is 6.08. The van der Waals surface area contributed by atoms with Crippen LogP contribution in [0.1, 0.15) is 43.6 Å². The summed E-state index contributed by atoms with van der Waals surface area (Å²) in [4.78, 5) is 25.2. The second kappa shape index (κ2) is 7.27. The van der Waals surface area contributed by atoms with Crippen LogP contribution in [0.25, 0.3) is 11.0 Å². The predicted molar refractivity (Wildman–Crippen MR) is 110 cm³/mol. The minimum absolute atomic E-state index is 0.00658. The first kappa shape index (κ1) is 18.7. The van der Waals surface area contributed by atoms with Gasteiger partial charge >= 0.3 is 5.63 Å². The van der Waals surface area contributed by atoms with Crippen LogP contribution in [0.4, 0.5) is 11.4 Å². The summed E-state index contributed by atoms with van der Waals surface area (Å²) < 4.78 is 5.37. The highest BCUT2D eigenvalue weighted by atomic mass is 16.4. The number of hydrogen-bond acceptors (Lipinski definition) is 4. The van der Waals surface area contributed by atoms with Crippen molar-refractivity contribution in [3.05, 3.63) is 70.1 Å². The van der Waals surface area contributed by atoms with Gasteiger partial charge in [0.2, 0.25) is 0 Å². The molecule has 1 amide bonds. The van der Waals surface area contributed by atoms with Gasteiger partial charge in [0.1, 0.15) is 5.58 Å². The molecule has 5 heteroatoms. The molecule has 1 aromatic heterocycles. The van der Waals surface area contributed by atoms with Crippen LogP contribution in [0, 0.1) is 0 Å². The third-order valence-corrected chi connectivity index (χ3v) is 4.42. The molecule has 3 aromatic rings. The summed E-state index contributed by atoms with van der Waals surface area (Å²) in [7, 11) is 0. The van der Waals surface area contributed by atoms with E-state index in [4.69, 9.17) is 4.42 Å². The molecule has 140 valence electrons. The van der Waals surface area contributed by atoms with Gasteiger partial charge in [0.25, 0.3) is 5.91 Å². The Kier molecular flexibility index (Phi) is 5.04. The lowest BCUT2D eigenvalue weighted by molar-refractivity contribution is 0.102. The molecule has 0 aliphatic rings. The molecule has 0 aliphatic carbocycles. The maximum Gasteiger partial charge on any atom is 0.362 e. The summed E-state index contributed by atoms with van der Waals surface area (Å²) >= 11 is 0. The molecule has 0 unspecified atom stereocenters. The Balaban J connectivity index is 1.98. The Morgan fingerprint density at radius 2 is 1.67 bits per heavy atom. The zero-order valence-electron chi connectivity index (χ0n) is 16.1. The van der Waals surface area contributed by atoms with Gasteiger partial charge in [0.15, 0.2) is 5.69 Å². The monoisotopic (exact) mass is 364 g/mol. The van der Waals surface area contributed by atoms with Crippen molar-refractivity contribution in [3.8, 4) is 0 Å². The number of hydrogen-bond donors (Lipinski definition) is 2. The molecule has 3 rings (SSSR count). The number of fused-ring (bicyclic) bond motifs is 1. The van der Waals surface area contributed by atoms with Crippen LogP contribution in [-0.2, 0) is 5.41 Å². The van der Waals surface area contributed by atoms with E-state index in [1.807, 2.05) is 31.2 Å². The fourth-order valence-corrected chi connectivity index (χ4v) is 2.93. The van der Waals surface area contributed by atoms with E-state index in [0.29, 0.717) is 23.4 Å². The van der Waals surface area contributed by atoms with E-state index in [2.05, 4.69) is 31.4 Å². The topological polar surface area (TPSA) is 71.3 Å². The molecule has 0 atom stereocenters. The molecular weight excluding hydrogens is 340 g/mol. The highest BCUT2D eigenvalue weighted by Gasteiger charge is 2.18. The first-order chi connectivity index (χ1) is 12.8. The average molecular weight is 364 g/mol. The van der Waals surface area contributed by atoms with Gasteiger partial charge in [-0.2, -0.15) is 0 Å². The van der Waals surface area contributed by atoms with Crippen LogP contribution in [0.3, 0.4) is 0 Å². The van der Waals surface area contributed by atoms with Gasteiger partial charge in [0, 0.05) is 17.5 Å². The number of carbonyl (C=O) groups is 1. The molecule has 0 aliphatic heterocycles. The lowest BCUT2D eigenvalue weighted by Crippen LogP contribution is -2.20. The van der Waals surface area contributed by atoms with Gasteiger partial charge in [-0.15, -0.1) is 0 Å². The summed E-state index contributed by atoms with van der Waals surface area (Å²) in [6.07, 6.45) is 0. The van der Waals surface area contributed by atoms with Crippen LogP contribution in [0.15, 0.2) is 57.7 Å². The molecule has 2 N–H and O–H groups in total. The minimum atomic E-state index is -0.579. The number of benzene rings is 2. The summed E-state index contributed by atoms with van der Waals surface area (Å²) in [6.45, 7) is 8.89. The normalized spacial score (nSPS) is 11.4. The number of nitrogens with one attached hydrogen (secondary N) is 2. The van der Waals surface area contributed by atoms with Crippen LogP contribution in [0.2, 0.25) is 0 Å². The molecule has 2 aromatic carbocycles. The smallest absolute Gasteiger partial charge is 0.362 e. The van der Waals surface area contributed by atoms with E-state index < -0.39 is 5.63 Å². The van der Waals surface area contributed by atoms with E-state index in [9.17, 15) is 9.59 Å². The Morgan fingerprint density at radius 3 is 2.30 bits per heavy atom. The lowest BCUT2D eigenvalue weighted by Gasteiger charge is -2.19.